The molecule has 36 heavy (non-hydrogen) atoms. The second-order valence-electron chi connectivity index (χ2n) is 9.82. The predicted octanol–water partition coefficient (Wildman–Crippen LogP) is 3.96. The van der Waals surface area contributed by atoms with Crippen molar-refractivity contribution in [1.29, 1.82) is 0 Å². The molecule has 0 aliphatic carbocycles. The number of nitrogens with zero attached hydrogens (tertiary/aromatic N) is 3. The average molecular weight is 510 g/mol. The molecule has 8 heteroatoms. The summed E-state index contributed by atoms with van der Waals surface area (Å²) in [5.74, 6) is 0.238. The highest BCUT2D eigenvalue weighted by molar-refractivity contribution is 7.89. The van der Waals surface area contributed by atoms with E-state index in [4.69, 9.17) is 4.74 Å². The van der Waals surface area contributed by atoms with Crippen LogP contribution in [0.1, 0.15) is 25.0 Å². The van der Waals surface area contributed by atoms with E-state index in [0.29, 0.717) is 12.3 Å². The summed E-state index contributed by atoms with van der Waals surface area (Å²) in [6.07, 6.45) is 3.30. The standard InChI is InChI=1S/C28H35N3O4S/c1-20-5-7-24(8-6-20)25-9-10-28-26(15-25)35-27(18-30(4)17-23-11-13-29-14-12-23)21(2)16-31(22(3)19-32)36(28,33)34/h5-15,21-22,27,32H,16-19H2,1-4H3/t21-,22-,27+/m0/s1. The Morgan fingerprint density at radius 2 is 1.78 bits per heavy atom. The van der Waals surface area contributed by atoms with Crippen molar-refractivity contribution in [3.63, 3.8) is 0 Å². The smallest absolute Gasteiger partial charge is 0.247 e. The fraction of sp³-hybridized carbons (Fsp3) is 0.393. The molecule has 1 N–H and O–H groups in total. The van der Waals surface area contributed by atoms with Crippen LogP contribution in [0.2, 0.25) is 0 Å². The van der Waals surface area contributed by atoms with E-state index in [1.165, 1.54) is 4.31 Å². The SMILES string of the molecule is Cc1ccc(-c2ccc3c(c2)O[C@H](CN(C)Cc2ccncc2)[C@@H](C)CN([C@@H](C)CO)S3(=O)=O)cc1. The lowest BCUT2D eigenvalue weighted by Gasteiger charge is -2.37. The number of aromatic nitrogens is 1. The largest absolute Gasteiger partial charge is 0.487 e. The molecular formula is C28H35N3O4S. The number of aryl methyl sites for hydroxylation is 1. The summed E-state index contributed by atoms with van der Waals surface area (Å²) < 4.78 is 35.3. The van der Waals surface area contributed by atoms with E-state index >= 15 is 0 Å². The first kappa shape index (κ1) is 26.3. The minimum atomic E-state index is -3.87. The molecule has 7 nitrogen and oxygen atoms in total. The molecule has 0 radical (unpaired) electrons. The Morgan fingerprint density at radius 1 is 1.11 bits per heavy atom. The molecule has 4 rings (SSSR count). The molecular weight excluding hydrogens is 474 g/mol. The van der Waals surface area contributed by atoms with E-state index < -0.39 is 16.1 Å². The Kier molecular flexibility index (Phi) is 8.10. The number of aliphatic hydroxyl groups is 1. The number of benzene rings is 2. The summed E-state index contributed by atoms with van der Waals surface area (Å²) in [6, 6.07) is 16.8. The van der Waals surface area contributed by atoms with Crippen LogP contribution in [0.15, 0.2) is 71.9 Å². The summed E-state index contributed by atoms with van der Waals surface area (Å²) in [4.78, 5) is 6.39. The molecule has 0 amide bonds. The number of hydrogen-bond donors (Lipinski definition) is 1. The first-order valence-electron chi connectivity index (χ1n) is 12.3. The molecule has 2 heterocycles. The Morgan fingerprint density at radius 3 is 2.44 bits per heavy atom. The number of ether oxygens (including phenoxy) is 1. The maximum atomic E-state index is 13.7. The zero-order chi connectivity index (χ0) is 25.9. The molecule has 0 spiro atoms. The lowest BCUT2D eigenvalue weighted by Crippen LogP contribution is -2.49. The molecule has 1 aliphatic rings. The Hall–Kier alpha value is -2.78. The molecule has 2 aromatic carbocycles. The zero-order valence-electron chi connectivity index (χ0n) is 21.3. The van der Waals surface area contributed by atoms with Crippen LogP contribution in [0.25, 0.3) is 11.1 Å². The van der Waals surface area contributed by atoms with Crippen LogP contribution in [0, 0.1) is 12.8 Å². The van der Waals surface area contributed by atoms with Crippen LogP contribution >= 0.6 is 0 Å². The van der Waals surface area contributed by atoms with Crippen LogP contribution < -0.4 is 4.74 Å². The van der Waals surface area contributed by atoms with E-state index in [0.717, 1.165) is 28.8 Å². The second-order valence-corrected chi connectivity index (χ2v) is 11.7. The van der Waals surface area contributed by atoms with Crippen molar-refractivity contribution in [3.05, 3.63) is 78.1 Å². The molecule has 0 unspecified atom stereocenters. The monoisotopic (exact) mass is 509 g/mol. The minimum absolute atomic E-state index is 0.107. The van der Waals surface area contributed by atoms with Crippen LogP contribution in [-0.4, -0.2) is 66.6 Å². The first-order valence-corrected chi connectivity index (χ1v) is 13.7. The van der Waals surface area contributed by atoms with Crippen molar-refractivity contribution in [2.75, 3.05) is 26.7 Å². The summed E-state index contributed by atoms with van der Waals surface area (Å²) in [6.45, 7) is 7.11. The summed E-state index contributed by atoms with van der Waals surface area (Å²) >= 11 is 0. The van der Waals surface area contributed by atoms with Gasteiger partial charge in [0.25, 0.3) is 0 Å². The molecule has 3 atom stereocenters. The molecule has 1 aliphatic heterocycles. The third-order valence-corrected chi connectivity index (χ3v) is 8.77. The number of rotatable bonds is 7. The van der Waals surface area contributed by atoms with Crippen LogP contribution in [0.5, 0.6) is 5.75 Å². The average Bonchev–Trinajstić information content (AvgIpc) is 2.86. The number of hydrogen-bond acceptors (Lipinski definition) is 6. The van der Waals surface area contributed by atoms with Crippen molar-refractivity contribution in [3.8, 4) is 16.9 Å². The Balaban J connectivity index is 1.72. The Labute approximate surface area is 214 Å². The lowest BCUT2D eigenvalue weighted by atomic mass is 10.0. The number of fused-ring (bicyclic) bond motifs is 1. The van der Waals surface area contributed by atoms with E-state index in [2.05, 4.69) is 9.88 Å². The van der Waals surface area contributed by atoms with Crippen molar-refractivity contribution >= 4 is 10.0 Å². The van der Waals surface area contributed by atoms with Gasteiger partial charge in [-0.25, -0.2) is 8.42 Å². The fourth-order valence-corrected chi connectivity index (χ4v) is 6.37. The molecule has 0 saturated heterocycles. The predicted molar refractivity (Wildman–Crippen MR) is 141 cm³/mol. The summed E-state index contributed by atoms with van der Waals surface area (Å²) in [5, 5.41) is 9.86. The number of aliphatic hydroxyl groups excluding tert-OH is 1. The maximum absolute atomic E-state index is 13.7. The van der Waals surface area contributed by atoms with E-state index in [1.54, 1.807) is 25.4 Å². The molecule has 0 bridgehead atoms. The summed E-state index contributed by atoms with van der Waals surface area (Å²) in [7, 11) is -1.83. The fourth-order valence-electron chi connectivity index (χ4n) is 4.54. The van der Waals surface area contributed by atoms with Gasteiger partial charge in [-0.2, -0.15) is 4.31 Å². The van der Waals surface area contributed by atoms with Gasteiger partial charge in [-0.05, 0) is 61.9 Å². The van der Waals surface area contributed by atoms with Gasteiger partial charge in [0.1, 0.15) is 16.7 Å². The van der Waals surface area contributed by atoms with Crippen molar-refractivity contribution in [2.24, 2.45) is 5.92 Å². The quantitative estimate of drug-likeness (QED) is 0.519. The molecule has 3 aromatic rings. The van der Waals surface area contributed by atoms with Crippen molar-refractivity contribution < 1.29 is 18.3 Å². The number of pyridine rings is 1. The van der Waals surface area contributed by atoms with Crippen LogP contribution in [0.4, 0.5) is 0 Å². The lowest BCUT2D eigenvalue weighted by molar-refractivity contribution is 0.0734. The maximum Gasteiger partial charge on any atom is 0.247 e. The van der Waals surface area contributed by atoms with E-state index in [-0.39, 0.29) is 30.1 Å². The topological polar surface area (TPSA) is 83.0 Å². The van der Waals surface area contributed by atoms with Gasteiger partial charge in [0.15, 0.2) is 0 Å². The van der Waals surface area contributed by atoms with Crippen molar-refractivity contribution in [1.82, 2.24) is 14.2 Å². The molecule has 1 aromatic heterocycles. The highest BCUT2D eigenvalue weighted by Crippen LogP contribution is 2.36. The first-order chi connectivity index (χ1) is 17.2. The van der Waals surface area contributed by atoms with Gasteiger partial charge in [0.05, 0.1) is 6.61 Å². The summed E-state index contributed by atoms with van der Waals surface area (Å²) in [5.41, 5.74) is 4.18. The van der Waals surface area contributed by atoms with E-state index in [1.807, 2.05) is 69.4 Å². The van der Waals surface area contributed by atoms with Crippen LogP contribution in [0.3, 0.4) is 0 Å². The van der Waals surface area contributed by atoms with Crippen LogP contribution in [-0.2, 0) is 16.6 Å². The number of sulfonamides is 1. The van der Waals surface area contributed by atoms with Gasteiger partial charge in [-0.3, -0.25) is 9.88 Å². The van der Waals surface area contributed by atoms with Gasteiger partial charge in [0.2, 0.25) is 10.0 Å². The highest BCUT2D eigenvalue weighted by Gasteiger charge is 2.38. The third-order valence-electron chi connectivity index (χ3n) is 6.75. The molecule has 192 valence electrons. The zero-order valence-corrected chi connectivity index (χ0v) is 22.1. The number of likely N-dealkylation sites (N-methyl/N-ethyl adjacent to an activating group) is 1. The van der Waals surface area contributed by atoms with Gasteiger partial charge < -0.3 is 9.84 Å². The minimum Gasteiger partial charge on any atom is -0.487 e. The Bertz CT molecular complexity index is 1270. The van der Waals surface area contributed by atoms with E-state index in [9.17, 15) is 13.5 Å². The highest BCUT2D eigenvalue weighted by atomic mass is 32.2. The van der Waals surface area contributed by atoms with Gasteiger partial charge in [-0.15, -0.1) is 0 Å². The van der Waals surface area contributed by atoms with Gasteiger partial charge in [-0.1, -0.05) is 42.8 Å². The molecule has 0 saturated carbocycles. The third kappa shape index (κ3) is 5.78. The van der Waals surface area contributed by atoms with Gasteiger partial charge in [0, 0.05) is 44.0 Å². The second kappa shape index (κ2) is 11.1. The normalized spacial score (nSPS) is 20.7. The van der Waals surface area contributed by atoms with Gasteiger partial charge >= 0.3 is 0 Å². The van der Waals surface area contributed by atoms with Crippen molar-refractivity contribution in [2.45, 2.75) is 44.4 Å². The molecule has 0 fully saturated rings.